The molecule has 1 aromatic carbocycles. The topological polar surface area (TPSA) is 66.7 Å². The number of benzene rings is 1. The van der Waals surface area contributed by atoms with E-state index < -0.39 is 0 Å². The minimum atomic E-state index is 0. The summed E-state index contributed by atoms with van der Waals surface area (Å²) in [5, 5.41) is 11.4. The van der Waals surface area contributed by atoms with Crippen LogP contribution in [0.4, 0.5) is 0 Å². The van der Waals surface area contributed by atoms with Gasteiger partial charge in [0.1, 0.15) is 12.4 Å². The van der Waals surface area contributed by atoms with Crippen molar-refractivity contribution in [2.45, 2.75) is 53.6 Å². The second kappa shape index (κ2) is 14.4. The van der Waals surface area contributed by atoms with Gasteiger partial charge in [-0.05, 0) is 63.5 Å². The summed E-state index contributed by atoms with van der Waals surface area (Å²) in [7, 11) is 3.79. The third kappa shape index (κ3) is 8.61. The molecule has 1 heterocycles. The summed E-state index contributed by atoms with van der Waals surface area (Å²) in [5.41, 5.74) is 4.80. The molecule has 0 radical (unpaired) electrons. The van der Waals surface area contributed by atoms with Crippen LogP contribution >= 0.6 is 24.0 Å². The van der Waals surface area contributed by atoms with Gasteiger partial charge < -0.3 is 20.3 Å². The molecule has 0 bridgehead atoms. The van der Waals surface area contributed by atoms with E-state index in [0.29, 0.717) is 13.2 Å². The molecule has 0 amide bonds. The largest absolute Gasteiger partial charge is 0.492 e. The molecule has 32 heavy (non-hydrogen) atoms. The predicted octanol–water partition coefficient (Wildman–Crippen LogP) is 3.67. The van der Waals surface area contributed by atoms with Gasteiger partial charge in [0.2, 0.25) is 0 Å². The number of halogens is 1. The summed E-state index contributed by atoms with van der Waals surface area (Å²) < 4.78 is 7.81. The molecule has 1 unspecified atom stereocenters. The van der Waals surface area contributed by atoms with Gasteiger partial charge in [-0.3, -0.25) is 9.67 Å². The van der Waals surface area contributed by atoms with Crippen molar-refractivity contribution in [2.75, 3.05) is 33.3 Å². The smallest absolute Gasteiger partial charge is 0.191 e. The lowest BCUT2D eigenvalue weighted by atomic mass is 10.1. The average molecular weight is 557 g/mol. The average Bonchev–Trinajstić information content (AvgIpc) is 3.01. The van der Waals surface area contributed by atoms with Crippen molar-refractivity contribution in [3.8, 4) is 5.75 Å². The van der Waals surface area contributed by atoms with Crippen molar-refractivity contribution < 1.29 is 4.74 Å². The van der Waals surface area contributed by atoms with Crippen molar-refractivity contribution in [1.29, 1.82) is 0 Å². The van der Waals surface area contributed by atoms with Crippen LogP contribution < -0.4 is 15.4 Å². The molecule has 0 spiro atoms. The summed E-state index contributed by atoms with van der Waals surface area (Å²) in [4.78, 5) is 6.73. The molecular weight excluding hydrogens is 515 g/mol. The summed E-state index contributed by atoms with van der Waals surface area (Å²) in [6, 6.07) is 8.50. The molecule has 2 aromatic rings. The Hall–Kier alpha value is -1.81. The first-order valence-corrected chi connectivity index (χ1v) is 11.3. The third-order valence-corrected chi connectivity index (χ3v) is 5.73. The van der Waals surface area contributed by atoms with E-state index in [9.17, 15) is 0 Å². The second-order valence-corrected chi connectivity index (χ2v) is 7.97. The Morgan fingerprint density at radius 3 is 2.38 bits per heavy atom. The Bertz CT molecular complexity index is 830. The number of aryl methyl sites for hydroxylation is 2. The third-order valence-electron chi connectivity index (χ3n) is 5.73. The van der Waals surface area contributed by atoms with Gasteiger partial charge >= 0.3 is 0 Å². The lowest BCUT2D eigenvalue weighted by molar-refractivity contribution is 0.223. The Morgan fingerprint density at radius 2 is 1.84 bits per heavy atom. The molecule has 0 saturated heterocycles. The van der Waals surface area contributed by atoms with Crippen molar-refractivity contribution in [3.05, 3.63) is 46.8 Å². The minimum absolute atomic E-state index is 0. The standard InChI is InChI=1S/C24H40N6O.HI/c1-8-30(9-2)14-15-31-22-12-10-21(11-13-22)17-26-24(25-6)27-18(3)16-23-19(4)28-29(7)20(23)5;/h10-13,18H,8-9,14-17H2,1-7H3,(H2,25,26,27);1H. The van der Waals surface area contributed by atoms with Gasteiger partial charge in [0.25, 0.3) is 0 Å². The fraction of sp³-hybridized carbons (Fsp3) is 0.583. The van der Waals surface area contributed by atoms with Crippen molar-refractivity contribution in [1.82, 2.24) is 25.3 Å². The fourth-order valence-corrected chi connectivity index (χ4v) is 3.62. The Labute approximate surface area is 211 Å². The van der Waals surface area contributed by atoms with Gasteiger partial charge in [-0.2, -0.15) is 5.10 Å². The monoisotopic (exact) mass is 556 g/mol. The Balaban J connectivity index is 0.00000512. The molecule has 0 aliphatic heterocycles. The molecule has 1 aromatic heterocycles. The normalized spacial score (nSPS) is 12.4. The van der Waals surface area contributed by atoms with Crippen molar-refractivity contribution in [3.63, 3.8) is 0 Å². The lowest BCUT2D eigenvalue weighted by Crippen LogP contribution is -2.42. The first kappa shape index (κ1) is 28.2. The van der Waals surface area contributed by atoms with Crippen LogP contribution in [0.2, 0.25) is 0 Å². The van der Waals surface area contributed by atoms with Gasteiger partial charge in [-0.1, -0.05) is 26.0 Å². The first-order valence-electron chi connectivity index (χ1n) is 11.3. The van der Waals surface area contributed by atoms with E-state index in [1.165, 1.54) is 16.8 Å². The number of ether oxygens (including phenoxy) is 1. The quantitative estimate of drug-likeness (QED) is 0.251. The number of likely N-dealkylation sites (N-methyl/N-ethyl adjacent to an activating group) is 1. The number of aliphatic imine (C=N–C) groups is 1. The van der Waals surface area contributed by atoms with Crippen LogP contribution in [-0.4, -0.2) is 60.0 Å². The van der Waals surface area contributed by atoms with E-state index >= 15 is 0 Å². The summed E-state index contributed by atoms with van der Waals surface area (Å²) in [5.74, 6) is 1.71. The van der Waals surface area contributed by atoms with E-state index in [4.69, 9.17) is 4.74 Å². The van der Waals surface area contributed by atoms with E-state index in [-0.39, 0.29) is 30.0 Å². The van der Waals surface area contributed by atoms with Crippen LogP contribution in [0.5, 0.6) is 5.75 Å². The van der Waals surface area contributed by atoms with Gasteiger partial charge in [0, 0.05) is 38.9 Å². The molecule has 2 rings (SSSR count). The predicted molar refractivity (Wildman–Crippen MR) is 144 cm³/mol. The van der Waals surface area contributed by atoms with Gasteiger partial charge in [0.15, 0.2) is 5.96 Å². The molecule has 8 heteroatoms. The van der Waals surface area contributed by atoms with Crippen LogP contribution in [0.25, 0.3) is 0 Å². The molecule has 0 aliphatic carbocycles. The van der Waals surface area contributed by atoms with Crippen molar-refractivity contribution in [2.24, 2.45) is 12.0 Å². The van der Waals surface area contributed by atoms with Crippen LogP contribution in [0.1, 0.15) is 43.3 Å². The zero-order chi connectivity index (χ0) is 22.8. The minimum Gasteiger partial charge on any atom is -0.492 e. The number of hydrogen-bond acceptors (Lipinski definition) is 4. The highest BCUT2D eigenvalue weighted by atomic mass is 127. The van der Waals surface area contributed by atoms with E-state index in [1.807, 2.05) is 23.9 Å². The van der Waals surface area contributed by atoms with Crippen LogP contribution in [0, 0.1) is 13.8 Å². The zero-order valence-electron chi connectivity index (χ0n) is 20.7. The van der Waals surface area contributed by atoms with Crippen LogP contribution in [0.3, 0.4) is 0 Å². The van der Waals surface area contributed by atoms with Gasteiger partial charge in [-0.25, -0.2) is 0 Å². The van der Waals surface area contributed by atoms with Gasteiger partial charge in [0.05, 0.1) is 5.69 Å². The highest BCUT2D eigenvalue weighted by Gasteiger charge is 2.14. The van der Waals surface area contributed by atoms with Crippen LogP contribution in [-0.2, 0) is 20.0 Å². The Morgan fingerprint density at radius 1 is 1.19 bits per heavy atom. The number of aromatic nitrogens is 2. The van der Waals surface area contributed by atoms with E-state index in [0.717, 1.165) is 43.5 Å². The SMILES string of the molecule is CCN(CC)CCOc1ccc(CNC(=NC)NC(C)Cc2c(C)nn(C)c2C)cc1.I. The summed E-state index contributed by atoms with van der Waals surface area (Å²) in [6.45, 7) is 15.2. The fourth-order valence-electron chi connectivity index (χ4n) is 3.62. The van der Waals surface area contributed by atoms with E-state index in [2.05, 4.69) is 72.4 Å². The summed E-state index contributed by atoms with van der Waals surface area (Å²) in [6.07, 6.45) is 0.908. The summed E-state index contributed by atoms with van der Waals surface area (Å²) >= 11 is 0. The van der Waals surface area contributed by atoms with Crippen molar-refractivity contribution >= 4 is 29.9 Å². The Kier molecular flexibility index (Phi) is 12.7. The van der Waals surface area contributed by atoms with Gasteiger partial charge in [-0.15, -0.1) is 24.0 Å². The number of rotatable bonds is 11. The molecule has 0 fully saturated rings. The van der Waals surface area contributed by atoms with Crippen LogP contribution in [0.15, 0.2) is 29.3 Å². The zero-order valence-corrected chi connectivity index (χ0v) is 23.1. The second-order valence-electron chi connectivity index (χ2n) is 7.97. The molecule has 1 atom stereocenters. The van der Waals surface area contributed by atoms with E-state index in [1.54, 1.807) is 7.05 Å². The number of nitrogens with zero attached hydrogens (tertiary/aromatic N) is 4. The molecule has 0 saturated carbocycles. The lowest BCUT2D eigenvalue weighted by Gasteiger charge is -2.19. The maximum absolute atomic E-state index is 5.87. The highest BCUT2D eigenvalue weighted by Crippen LogP contribution is 2.14. The molecule has 180 valence electrons. The maximum Gasteiger partial charge on any atom is 0.191 e. The first-order chi connectivity index (χ1) is 14.9. The molecule has 7 nitrogen and oxygen atoms in total. The molecule has 2 N–H and O–H groups in total. The molecular formula is C24H41IN6O. The number of nitrogens with one attached hydrogen (secondary N) is 2. The number of guanidine groups is 1. The molecule has 0 aliphatic rings. The highest BCUT2D eigenvalue weighted by molar-refractivity contribution is 14.0. The number of hydrogen-bond donors (Lipinski definition) is 2. The maximum atomic E-state index is 5.87.